The van der Waals surface area contributed by atoms with Gasteiger partial charge >= 0.3 is 0 Å². The molecule has 0 aromatic heterocycles. The maximum absolute atomic E-state index is 10.9. The summed E-state index contributed by atoms with van der Waals surface area (Å²) in [7, 11) is 1.83. The lowest BCUT2D eigenvalue weighted by Crippen LogP contribution is -2.39. The first-order valence-electron chi connectivity index (χ1n) is 4.81. The molecule has 0 unspecified atom stereocenters. The minimum Gasteiger partial charge on any atom is -0.664 e. The Morgan fingerprint density at radius 3 is 2.62 bits per heavy atom. The molecule has 0 radical (unpaired) electrons. The first-order chi connectivity index (χ1) is 6.24. The van der Waals surface area contributed by atoms with Crippen LogP contribution in [0.15, 0.2) is 0 Å². The molecule has 0 spiro atoms. The Bertz CT molecular complexity index is 164. The van der Waals surface area contributed by atoms with Gasteiger partial charge in [0.25, 0.3) is 0 Å². The molecule has 0 atom stereocenters. The number of carbonyl (C=O) groups is 1. The number of primary amides is 1. The molecular weight excluding hydrogens is 166 g/mol. The van der Waals surface area contributed by atoms with Gasteiger partial charge in [-0.15, -0.1) is 6.54 Å². The Labute approximate surface area is 79.5 Å². The van der Waals surface area contributed by atoms with Crippen molar-refractivity contribution in [3.8, 4) is 0 Å². The number of likely N-dealkylation sites (N-methyl/N-ethyl adjacent to an activating group) is 1. The largest absolute Gasteiger partial charge is 0.664 e. The van der Waals surface area contributed by atoms with Crippen molar-refractivity contribution < 1.29 is 4.79 Å². The molecular formula is C9H18N3O-. The number of likely N-dealkylation sites (tertiary alicyclic amines) is 1. The SMILES string of the molecule is C[N-]CCN1CCC(C(N)=O)CC1. The van der Waals surface area contributed by atoms with E-state index in [1.807, 2.05) is 7.05 Å². The highest BCUT2D eigenvalue weighted by molar-refractivity contribution is 5.76. The van der Waals surface area contributed by atoms with Crippen LogP contribution in [0, 0.1) is 5.92 Å². The molecule has 0 aliphatic carbocycles. The Balaban J connectivity index is 2.18. The topological polar surface area (TPSA) is 60.4 Å². The van der Waals surface area contributed by atoms with Crippen LogP contribution in [0.5, 0.6) is 0 Å². The predicted octanol–water partition coefficient (Wildman–Crippen LogP) is 0.187. The van der Waals surface area contributed by atoms with E-state index in [1.54, 1.807) is 0 Å². The molecule has 13 heavy (non-hydrogen) atoms. The fourth-order valence-corrected chi connectivity index (χ4v) is 1.68. The Hall–Kier alpha value is -0.610. The van der Waals surface area contributed by atoms with Crippen LogP contribution in [-0.2, 0) is 4.79 Å². The summed E-state index contributed by atoms with van der Waals surface area (Å²) in [6, 6.07) is 0. The van der Waals surface area contributed by atoms with Gasteiger partial charge in [-0.05, 0) is 32.5 Å². The molecule has 1 rings (SSSR count). The maximum atomic E-state index is 10.9. The molecule has 1 fully saturated rings. The van der Waals surface area contributed by atoms with E-state index in [2.05, 4.69) is 10.2 Å². The Kier molecular flexibility index (Phi) is 4.18. The van der Waals surface area contributed by atoms with Gasteiger partial charge < -0.3 is 16.0 Å². The van der Waals surface area contributed by atoms with E-state index in [1.165, 1.54) is 0 Å². The fraction of sp³-hybridized carbons (Fsp3) is 0.889. The van der Waals surface area contributed by atoms with E-state index in [4.69, 9.17) is 5.73 Å². The average molecular weight is 184 g/mol. The summed E-state index contributed by atoms with van der Waals surface area (Å²) in [5.41, 5.74) is 5.24. The molecule has 0 saturated carbocycles. The third-order valence-corrected chi connectivity index (χ3v) is 2.63. The third kappa shape index (κ3) is 3.32. The van der Waals surface area contributed by atoms with Gasteiger partial charge in [-0.25, -0.2) is 0 Å². The monoisotopic (exact) mass is 184 g/mol. The molecule has 4 nitrogen and oxygen atoms in total. The second-order valence-corrected chi connectivity index (χ2v) is 3.56. The maximum Gasteiger partial charge on any atom is 0.220 e. The van der Waals surface area contributed by atoms with Crippen LogP contribution in [0.25, 0.3) is 5.32 Å². The number of hydrogen-bond acceptors (Lipinski definition) is 2. The van der Waals surface area contributed by atoms with Crippen LogP contribution >= 0.6 is 0 Å². The molecule has 1 amide bonds. The van der Waals surface area contributed by atoms with Crippen molar-refractivity contribution >= 4 is 5.91 Å². The molecule has 1 aliphatic heterocycles. The average Bonchev–Trinajstić information content (AvgIpc) is 2.15. The highest BCUT2D eigenvalue weighted by atomic mass is 16.1. The second-order valence-electron chi connectivity index (χ2n) is 3.56. The fourth-order valence-electron chi connectivity index (χ4n) is 1.68. The highest BCUT2D eigenvalue weighted by Gasteiger charge is 2.21. The summed E-state index contributed by atoms with van der Waals surface area (Å²) in [4.78, 5) is 13.2. The van der Waals surface area contributed by atoms with E-state index in [9.17, 15) is 4.79 Å². The number of amides is 1. The molecule has 1 heterocycles. The minimum atomic E-state index is -0.139. The van der Waals surface area contributed by atoms with Gasteiger partial charge in [0.05, 0.1) is 0 Å². The zero-order valence-electron chi connectivity index (χ0n) is 8.20. The Morgan fingerprint density at radius 2 is 2.15 bits per heavy atom. The van der Waals surface area contributed by atoms with Gasteiger partial charge in [0.2, 0.25) is 5.91 Å². The van der Waals surface area contributed by atoms with E-state index < -0.39 is 0 Å². The minimum absolute atomic E-state index is 0.106. The lowest BCUT2D eigenvalue weighted by Gasteiger charge is -2.32. The third-order valence-electron chi connectivity index (χ3n) is 2.63. The van der Waals surface area contributed by atoms with Gasteiger partial charge in [-0.3, -0.25) is 4.79 Å². The molecule has 0 bridgehead atoms. The van der Waals surface area contributed by atoms with Crippen molar-refractivity contribution in [1.29, 1.82) is 0 Å². The summed E-state index contributed by atoms with van der Waals surface area (Å²) in [6.45, 7) is 3.88. The van der Waals surface area contributed by atoms with Crippen molar-refractivity contribution in [2.45, 2.75) is 12.8 Å². The quantitative estimate of drug-likeness (QED) is 0.678. The van der Waals surface area contributed by atoms with E-state index >= 15 is 0 Å². The normalized spacial score (nSPS) is 20.4. The summed E-state index contributed by atoms with van der Waals surface area (Å²) in [5.74, 6) is -0.0327. The van der Waals surface area contributed by atoms with Crippen LogP contribution in [0.2, 0.25) is 0 Å². The van der Waals surface area contributed by atoms with Crippen molar-refractivity contribution in [1.82, 2.24) is 4.90 Å². The Morgan fingerprint density at radius 1 is 1.54 bits per heavy atom. The second kappa shape index (κ2) is 5.19. The summed E-state index contributed by atoms with van der Waals surface area (Å²) < 4.78 is 0. The molecule has 76 valence electrons. The van der Waals surface area contributed by atoms with Crippen LogP contribution in [0.3, 0.4) is 0 Å². The molecule has 4 heteroatoms. The number of rotatable bonds is 4. The zero-order valence-corrected chi connectivity index (χ0v) is 8.20. The lowest BCUT2D eigenvalue weighted by atomic mass is 9.96. The number of carbonyl (C=O) groups excluding carboxylic acids is 1. The van der Waals surface area contributed by atoms with Gasteiger partial charge in [0.15, 0.2) is 0 Å². The summed E-state index contributed by atoms with van der Waals surface area (Å²) in [5, 5.41) is 4.05. The smallest absolute Gasteiger partial charge is 0.220 e. The molecule has 1 aliphatic rings. The van der Waals surface area contributed by atoms with Crippen LogP contribution < -0.4 is 5.73 Å². The van der Waals surface area contributed by atoms with Crippen LogP contribution in [0.4, 0.5) is 0 Å². The van der Waals surface area contributed by atoms with Crippen LogP contribution in [-0.4, -0.2) is 44.0 Å². The number of nitrogens with two attached hydrogens (primary N) is 1. The number of hydrogen-bond donors (Lipinski definition) is 1. The van der Waals surface area contributed by atoms with Gasteiger partial charge in [-0.1, -0.05) is 0 Å². The zero-order chi connectivity index (χ0) is 9.68. The van der Waals surface area contributed by atoms with Crippen LogP contribution in [0.1, 0.15) is 12.8 Å². The van der Waals surface area contributed by atoms with Crippen molar-refractivity contribution in [3.05, 3.63) is 5.32 Å². The highest BCUT2D eigenvalue weighted by Crippen LogP contribution is 2.16. The van der Waals surface area contributed by atoms with Gasteiger partial charge in [-0.2, -0.15) is 7.05 Å². The standard InChI is InChI=1S/C9H18N3O/c1-11-4-7-12-5-2-8(3-6-12)9(10)13/h8H,2-7H2,1H3,(H2,10,13)/q-1. The summed E-state index contributed by atoms with van der Waals surface area (Å²) in [6.07, 6.45) is 1.83. The molecule has 0 aromatic rings. The summed E-state index contributed by atoms with van der Waals surface area (Å²) >= 11 is 0. The predicted molar refractivity (Wildman–Crippen MR) is 52.5 cm³/mol. The van der Waals surface area contributed by atoms with E-state index in [-0.39, 0.29) is 11.8 Å². The molecule has 0 aromatic carbocycles. The first kappa shape index (κ1) is 10.5. The van der Waals surface area contributed by atoms with E-state index in [0.29, 0.717) is 0 Å². The van der Waals surface area contributed by atoms with E-state index in [0.717, 1.165) is 39.0 Å². The first-order valence-corrected chi connectivity index (χ1v) is 4.81. The van der Waals surface area contributed by atoms with Crippen molar-refractivity contribution in [3.63, 3.8) is 0 Å². The molecule has 2 N–H and O–H groups in total. The van der Waals surface area contributed by atoms with Gasteiger partial charge in [0.1, 0.15) is 0 Å². The van der Waals surface area contributed by atoms with Crippen molar-refractivity contribution in [2.24, 2.45) is 11.7 Å². The lowest BCUT2D eigenvalue weighted by molar-refractivity contribution is -0.123. The number of piperidine rings is 1. The van der Waals surface area contributed by atoms with Crippen molar-refractivity contribution in [2.75, 3.05) is 33.2 Å². The molecule has 1 saturated heterocycles. The number of nitrogens with zero attached hydrogens (tertiary/aromatic N) is 2. The van der Waals surface area contributed by atoms with Gasteiger partial charge in [0, 0.05) is 5.92 Å².